The van der Waals surface area contributed by atoms with E-state index < -0.39 is 0 Å². The summed E-state index contributed by atoms with van der Waals surface area (Å²) in [5, 5.41) is 6.63. The van der Waals surface area contributed by atoms with Crippen LogP contribution in [-0.2, 0) is 22.6 Å². The van der Waals surface area contributed by atoms with Crippen LogP contribution in [0.1, 0.15) is 17.7 Å². The van der Waals surface area contributed by atoms with Crippen molar-refractivity contribution in [1.82, 2.24) is 9.88 Å². The highest BCUT2D eigenvalue weighted by molar-refractivity contribution is 6.38. The van der Waals surface area contributed by atoms with Gasteiger partial charge in [-0.1, -0.05) is 36.4 Å². The predicted molar refractivity (Wildman–Crippen MR) is 100 cm³/mol. The SMILES string of the molecule is O=C1NC(=O)C(c2c3n(c4ccccc24)CCC3)=C1Nc1ccccc1. The lowest BCUT2D eigenvalue weighted by Crippen LogP contribution is -2.24. The third kappa shape index (κ3) is 2.10. The first kappa shape index (κ1) is 15.0. The minimum atomic E-state index is -0.379. The quantitative estimate of drug-likeness (QED) is 0.719. The van der Waals surface area contributed by atoms with Crippen LogP contribution in [0.3, 0.4) is 0 Å². The number of fused-ring (bicyclic) bond motifs is 3. The zero-order valence-electron chi connectivity index (χ0n) is 14.1. The highest BCUT2D eigenvalue weighted by Gasteiger charge is 2.36. The zero-order chi connectivity index (χ0) is 17.7. The Hall–Kier alpha value is -3.34. The molecule has 2 amide bonds. The molecule has 0 fully saturated rings. The number of nitrogens with one attached hydrogen (secondary N) is 2. The number of anilines is 1. The molecule has 0 spiro atoms. The van der Waals surface area contributed by atoms with Gasteiger partial charge in [-0.05, 0) is 31.0 Å². The first-order valence-electron chi connectivity index (χ1n) is 8.76. The molecule has 128 valence electrons. The fraction of sp³-hybridized carbons (Fsp3) is 0.143. The molecule has 1 aromatic heterocycles. The molecule has 5 nitrogen and oxygen atoms in total. The van der Waals surface area contributed by atoms with Gasteiger partial charge >= 0.3 is 0 Å². The Morgan fingerprint density at radius 2 is 1.69 bits per heavy atom. The molecule has 0 radical (unpaired) electrons. The molecule has 0 saturated heterocycles. The van der Waals surface area contributed by atoms with Crippen molar-refractivity contribution in [2.24, 2.45) is 0 Å². The number of hydrogen-bond donors (Lipinski definition) is 2. The molecule has 2 aliphatic heterocycles. The second-order valence-corrected chi connectivity index (χ2v) is 6.62. The van der Waals surface area contributed by atoms with Crippen LogP contribution >= 0.6 is 0 Å². The summed E-state index contributed by atoms with van der Waals surface area (Å²) in [5.74, 6) is -0.713. The van der Waals surface area contributed by atoms with E-state index in [2.05, 4.69) is 21.3 Å². The van der Waals surface area contributed by atoms with Crippen LogP contribution in [0.4, 0.5) is 5.69 Å². The summed E-state index contributed by atoms with van der Waals surface area (Å²) in [5.41, 5.74) is 4.70. The van der Waals surface area contributed by atoms with Crippen LogP contribution in [0.2, 0.25) is 0 Å². The highest BCUT2D eigenvalue weighted by atomic mass is 16.2. The Morgan fingerprint density at radius 1 is 0.923 bits per heavy atom. The second kappa shape index (κ2) is 5.59. The molecule has 26 heavy (non-hydrogen) atoms. The Bertz CT molecular complexity index is 1090. The van der Waals surface area contributed by atoms with Crippen LogP contribution < -0.4 is 10.6 Å². The number of hydrogen-bond acceptors (Lipinski definition) is 3. The van der Waals surface area contributed by atoms with Gasteiger partial charge in [0.1, 0.15) is 5.70 Å². The molecular weight excluding hydrogens is 326 g/mol. The smallest absolute Gasteiger partial charge is 0.275 e. The highest BCUT2D eigenvalue weighted by Crippen LogP contribution is 2.38. The van der Waals surface area contributed by atoms with E-state index in [9.17, 15) is 9.59 Å². The van der Waals surface area contributed by atoms with Crippen LogP contribution in [-0.4, -0.2) is 16.4 Å². The van der Waals surface area contributed by atoms with Gasteiger partial charge in [0, 0.05) is 34.4 Å². The van der Waals surface area contributed by atoms with E-state index in [0.717, 1.165) is 47.2 Å². The predicted octanol–water partition coefficient (Wildman–Crippen LogP) is 3.07. The van der Waals surface area contributed by atoms with Gasteiger partial charge in [0.25, 0.3) is 11.8 Å². The van der Waals surface area contributed by atoms with E-state index in [0.29, 0.717) is 11.3 Å². The Kier molecular flexibility index (Phi) is 3.22. The third-order valence-corrected chi connectivity index (χ3v) is 5.10. The van der Waals surface area contributed by atoms with Crippen LogP contribution in [0, 0.1) is 0 Å². The van der Waals surface area contributed by atoms with Gasteiger partial charge in [0.2, 0.25) is 0 Å². The number of rotatable bonds is 3. The summed E-state index contributed by atoms with van der Waals surface area (Å²) < 4.78 is 2.27. The molecule has 2 aliphatic rings. The maximum Gasteiger partial charge on any atom is 0.275 e. The largest absolute Gasteiger partial charge is 0.350 e. The maximum atomic E-state index is 12.7. The van der Waals surface area contributed by atoms with E-state index >= 15 is 0 Å². The average molecular weight is 343 g/mol. The van der Waals surface area contributed by atoms with Crippen LogP contribution in [0.25, 0.3) is 16.5 Å². The van der Waals surface area contributed by atoms with Crippen LogP contribution in [0.15, 0.2) is 60.3 Å². The summed E-state index contributed by atoms with van der Waals surface area (Å²) in [6.07, 6.45) is 1.96. The molecule has 3 heterocycles. The Balaban J connectivity index is 1.76. The lowest BCUT2D eigenvalue weighted by Gasteiger charge is -2.08. The summed E-state index contributed by atoms with van der Waals surface area (Å²) in [7, 11) is 0. The molecule has 3 aromatic rings. The number of aryl methyl sites for hydroxylation is 1. The minimum Gasteiger partial charge on any atom is -0.350 e. The summed E-state index contributed by atoms with van der Waals surface area (Å²) in [6.45, 7) is 0.945. The maximum absolute atomic E-state index is 12.7. The first-order valence-corrected chi connectivity index (χ1v) is 8.76. The number of carbonyl (C=O) groups excluding carboxylic acids is 2. The number of aromatic nitrogens is 1. The van der Waals surface area contributed by atoms with E-state index in [-0.39, 0.29) is 11.8 Å². The van der Waals surface area contributed by atoms with E-state index in [1.54, 1.807) is 0 Å². The number of nitrogens with zero attached hydrogens (tertiary/aromatic N) is 1. The van der Waals surface area contributed by atoms with Crippen molar-refractivity contribution in [3.05, 3.63) is 71.6 Å². The van der Waals surface area contributed by atoms with Crippen molar-refractivity contribution < 1.29 is 9.59 Å². The Labute approximate surface area is 150 Å². The third-order valence-electron chi connectivity index (χ3n) is 5.10. The standard InChI is InChI=1S/C21H17N3O2/c25-20-18(19(21(26)23-20)22-13-7-2-1-3-8-13)17-14-9-4-5-10-15(14)24-12-6-11-16(17)24/h1-5,7-10H,6,11-12H2,(H2,22,23,25,26). The molecule has 0 atom stereocenters. The summed E-state index contributed by atoms with van der Waals surface area (Å²) in [6, 6.07) is 17.5. The number of imide groups is 1. The number of para-hydroxylation sites is 2. The van der Waals surface area contributed by atoms with Crippen molar-refractivity contribution in [2.45, 2.75) is 19.4 Å². The van der Waals surface area contributed by atoms with Crippen LogP contribution in [0.5, 0.6) is 0 Å². The molecule has 0 aliphatic carbocycles. The van der Waals surface area contributed by atoms with Crippen molar-refractivity contribution in [3.8, 4) is 0 Å². The lowest BCUT2D eigenvalue weighted by molar-refractivity contribution is -0.123. The summed E-state index contributed by atoms with van der Waals surface area (Å²) in [4.78, 5) is 25.2. The fourth-order valence-electron chi connectivity index (χ4n) is 4.03. The van der Waals surface area contributed by atoms with Gasteiger partial charge < -0.3 is 9.88 Å². The minimum absolute atomic E-state index is 0.326. The second-order valence-electron chi connectivity index (χ2n) is 6.62. The van der Waals surface area contributed by atoms with Gasteiger partial charge in [0.05, 0.1) is 5.57 Å². The van der Waals surface area contributed by atoms with Crippen molar-refractivity contribution in [2.75, 3.05) is 5.32 Å². The number of benzene rings is 2. The van der Waals surface area contributed by atoms with Gasteiger partial charge in [-0.15, -0.1) is 0 Å². The summed E-state index contributed by atoms with van der Waals surface area (Å²) >= 11 is 0. The fourth-order valence-corrected chi connectivity index (χ4v) is 4.03. The van der Waals surface area contributed by atoms with Gasteiger partial charge in [-0.25, -0.2) is 0 Å². The molecule has 0 saturated carbocycles. The molecule has 5 heteroatoms. The Morgan fingerprint density at radius 3 is 2.54 bits per heavy atom. The molecule has 5 rings (SSSR count). The van der Waals surface area contributed by atoms with E-state index in [1.807, 2.05) is 48.5 Å². The average Bonchev–Trinajstić information content (AvgIpc) is 3.31. The first-order chi connectivity index (χ1) is 12.7. The van der Waals surface area contributed by atoms with Crippen molar-refractivity contribution in [1.29, 1.82) is 0 Å². The number of amides is 2. The molecule has 2 aromatic carbocycles. The molecule has 2 N–H and O–H groups in total. The van der Waals surface area contributed by atoms with Gasteiger partial charge in [0.15, 0.2) is 0 Å². The zero-order valence-corrected chi connectivity index (χ0v) is 14.1. The van der Waals surface area contributed by atoms with E-state index in [4.69, 9.17) is 0 Å². The topological polar surface area (TPSA) is 63.1 Å². The normalized spacial score (nSPS) is 16.3. The number of carbonyl (C=O) groups is 2. The van der Waals surface area contributed by atoms with Gasteiger partial charge in [-0.2, -0.15) is 0 Å². The van der Waals surface area contributed by atoms with Crippen molar-refractivity contribution >= 4 is 34.0 Å². The molecule has 0 bridgehead atoms. The van der Waals surface area contributed by atoms with Gasteiger partial charge in [-0.3, -0.25) is 14.9 Å². The molecule has 0 unspecified atom stereocenters. The lowest BCUT2D eigenvalue weighted by atomic mass is 9.99. The monoisotopic (exact) mass is 343 g/mol. The van der Waals surface area contributed by atoms with Crippen molar-refractivity contribution in [3.63, 3.8) is 0 Å². The van der Waals surface area contributed by atoms with E-state index in [1.165, 1.54) is 0 Å². The molecular formula is C21H17N3O2.